The van der Waals surface area contributed by atoms with Gasteiger partial charge in [-0.3, -0.25) is 14.6 Å². The highest BCUT2D eigenvalue weighted by Gasteiger charge is 2.62. The number of methoxy groups -OCH3 is 1. The van der Waals surface area contributed by atoms with Crippen molar-refractivity contribution in [2.24, 2.45) is 17.3 Å². The third-order valence-electron chi connectivity index (χ3n) is 8.43. The summed E-state index contributed by atoms with van der Waals surface area (Å²) >= 11 is 0. The molecule has 5 rings (SSSR count). The average Bonchev–Trinajstić information content (AvgIpc) is 3.61. The number of halogens is 3. The van der Waals surface area contributed by atoms with Gasteiger partial charge in [0.2, 0.25) is 5.91 Å². The Bertz CT molecular complexity index is 1170. The lowest BCUT2D eigenvalue weighted by Crippen LogP contribution is -2.52. The van der Waals surface area contributed by atoms with Gasteiger partial charge < -0.3 is 24.4 Å². The molecule has 3 unspecified atom stereocenters. The van der Waals surface area contributed by atoms with Crippen LogP contribution >= 0.6 is 0 Å². The van der Waals surface area contributed by atoms with E-state index in [0.717, 1.165) is 18.7 Å². The largest absolute Gasteiger partial charge is 0.460 e. The van der Waals surface area contributed by atoms with Crippen LogP contribution in [0.3, 0.4) is 0 Å². The zero-order valence-corrected chi connectivity index (χ0v) is 23.4. The lowest BCUT2D eigenvalue weighted by molar-refractivity contribution is -0.157. The minimum absolute atomic E-state index is 0.0499. The van der Waals surface area contributed by atoms with Crippen molar-refractivity contribution in [3.8, 4) is 0 Å². The summed E-state index contributed by atoms with van der Waals surface area (Å²) in [5.41, 5.74) is -1.44. The lowest BCUT2D eigenvalue weighted by atomic mass is 9.78. The first-order valence-electron chi connectivity index (χ1n) is 13.9. The number of nitrogens with one attached hydrogen (secondary N) is 1. The Hall–Kier alpha value is -2.50. The van der Waals surface area contributed by atoms with Crippen LogP contribution in [0.2, 0.25) is 0 Å². The normalized spacial score (nSPS) is 32.1. The van der Waals surface area contributed by atoms with Gasteiger partial charge in [0.1, 0.15) is 5.60 Å². The molecule has 8 nitrogen and oxygen atoms in total. The van der Waals surface area contributed by atoms with Crippen molar-refractivity contribution in [1.29, 1.82) is 0 Å². The quantitative estimate of drug-likeness (QED) is 0.416. The molecule has 1 saturated carbocycles. The molecule has 1 amide bonds. The van der Waals surface area contributed by atoms with Crippen LogP contribution in [0.15, 0.2) is 24.4 Å². The Kier molecular flexibility index (Phi) is 7.78. The van der Waals surface area contributed by atoms with Gasteiger partial charge in [-0.25, -0.2) is 0 Å². The van der Waals surface area contributed by atoms with E-state index in [1.54, 1.807) is 12.0 Å². The molecule has 0 radical (unpaired) electrons. The lowest BCUT2D eigenvalue weighted by Gasteiger charge is -2.38. The third kappa shape index (κ3) is 5.92. The number of hydrogen-bond donors (Lipinski definition) is 1. The van der Waals surface area contributed by atoms with E-state index in [2.05, 4.69) is 10.3 Å². The number of rotatable bonds is 6. The standard InChI is InChI=1S/C29H38F3N3O5/c1-27(2,3)40-25(36)20-12-21(20)28(8-5-19(13-28)34-23-7-10-39-16-24(23)38-4)26(37)35-9-6-22-17(15-35)11-18(14-33-22)29(30,31)32/h5,8,11,14,19-21,23-24,34H,6-7,9-10,12-13,15-16H2,1-4H3/t19-,20?,21?,23+,24?,28+/m1/s1. The smallest absolute Gasteiger partial charge is 0.417 e. The van der Waals surface area contributed by atoms with Crippen molar-refractivity contribution in [3.63, 3.8) is 0 Å². The summed E-state index contributed by atoms with van der Waals surface area (Å²) in [6.07, 6.45) is 2.26. The fourth-order valence-corrected chi connectivity index (χ4v) is 6.36. The second-order valence-corrected chi connectivity index (χ2v) is 12.4. The maximum absolute atomic E-state index is 14.3. The summed E-state index contributed by atoms with van der Waals surface area (Å²) in [6, 6.07) is 1.02. The summed E-state index contributed by atoms with van der Waals surface area (Å²) < 4.78 is 56.9. The van der Waals surface area contributed by atoms with Crippen LogP contribution < -0.4 is 5.32 Å². The minimum Gasteiger partial charge on any atom is -0.460 e. The first-order chi connectivity index (χ1) is 18.8. The van der Waals surface area contributed by atoms with Crippen molar-refractivity contribution in [2.75, 3.05) is 26.9 Å². The van der Waals surface area contributed by atoms with Crippen molar-refractivity contribution in [1.82, 2.24) is 15.2 Å². The molecule has 1 N–H and O–H groups in total. The van der Waals surface area contributed by atoms with Gasteiger partial charge in [-0.2, -0.15) is 13.2 Å². The van der Waals surface area contributed by atoms with E-state index in [-0.39, 0.29) is 42.5 Å². The molecule has 0 bridgehead atoms. The molecule has 2 fully saturated rings. The Morgan fingerprint density at radius 2 is 2.02 bits per heavy atom. The van der Waals surface area contributed by atoms with E-state index in [1.807, 2.05) is 32.9 Å². The molecule has 40 heavy (non-hydrogen) atoms. The number of carbonyl (C=O) groups is 2. The molecule has 1 saturated heterocycles. The molecule has 0 aromatic carbocycles. The van der Waals surface area contributed by atoms with Gasteiger partial charge in [0, 0.05) is 57.2 Å². The topological polar surface area (TPSA) is 90.0 Å². The van der Waals surface area contributed by atoms with Gasteiger partial charge >= 0.3 is 12.1 Å². The van der Waals surface area contributed by atoms with Crippen molar-refractivity contribution < 1.29 is 37.0 Å². The van der Waals surface area contributed by atoms with Gasteiger partial charge in [0.25, 0.3) is 0 Å². The minimum atomic E-state index is -4.51. The summed E-state index contributed by atoms with van der Waals surface area (Å²) in [4.78, 5) is 33.0. The third-order valence-corrected chi connectivity index (χ3v) is 8.43. The molecule has 11 heteroatoms. The number of alkyl halides is 3. The van der Waals surface area contributed by atoms with E-state index in [4.69, 9.17) is 14.2 Å². The summed E-state index contributed by atoms with van der Waals surface area (Å²) in [7, 11) is 1.65. The average molecular weight is 566 g/mol. The van der Waals surface area contributed by atoms with E-state index in [1.165, 1.54) is 0 Å². The number of fused-ring (bicyclic) bond motifs is 1. The Balaban J connectivity index is 1.37. The fraction of sp³-hybridized carbons (Fsp3) is 0.690. The number of nitrogens with zero attached hydrogens (tertiary/aromatic N) is 2. The number of esters is 1. The highest BCUT2D eigenvalue weighted by atomic mass is 19.4. The number of amides is 1. The fourth-order valence-electron chi connectivity index (χ4n) is 6.36. The SMILES string of the molecule is COC1COCC[C@@H]1N[C@@H]1C=C[C@@](C(=O)N2CCc3ncc(C(F)(F)F)cc3C2)(C2CC2C(=O)OC(C)(C)C)C1. The highest BCUT2D eigenvalue weighted by molar-refractivity contribution is 5.89. The van der Waals surface area contributed by atoms with E-state index in [0.29, 0.717) is 50.3 Å². The van der Waals surface area contributed by atoms with Crippen molar-refractivity contribution in [3.05, 3.63) is 41.2 Å². The monoisotopic (exact) mass is 565 g/mol. The number of ether oxygens (including phenoxy) is 3. The molecular formula is C29H38F3N3O5. The Morgan fingerprint density at radius 1 is 1.25 bits per heavy atom. The van der Waals surface area contributed by atoms with Crippen LogP contribution in [-0.2, 0) is 42.9 Å². The summed E-state index contributed by atoms with van der Waals surface area (Å²) in [6.45, 7) is 6.94. The predicted octanol–water partition coefficient (Wildman–Crippen LogP) is 3.67. The highest BCUT2D eigenvalue weighted by Crippen LogP contribution is 2.58. The number of carbonyl (C=O) groups excluding carboxylic acids is 2. The van der Waals surface area contributed by atoms with Gasteiger partial charge in [-0.1, -0.05) is 12.2 Å². The van der Waals surface area contributed by atoms with Crippen molar-refractivity contribution >= 4 is 11.9 Å². The van der Waals surface area contributed by atoms with Gasteiger partial charge in [0.15, 0.2) is 0 Å². The maximum Gasteiger partial charge on any atom is 0.417 e. The van der Waals surface area contributed by atoms with Crippen LogP contribution in [0, 0.1) is 17.3 Å². The first-order valence-corrected chi connectivity index (χ1v) is 13.9. The zero-order valence-electron chi connectivity index (χ0n) is 23.4. The van der Waals surface area contributed by atoms with Crippen LogP contribution in [-0.4, -0.2) is 72.4 Å². The second-order valence-electron chi connectivity index (χ2n) is 12.4. The second kappa shape index (κ2) is 10.7. The number of pyridine rings is 1. The van der Waals surface area contributed by atoms with Crippen LogP contribution in [0.4, 0.5) is 13.2 Å². The molecule has 2 aliphatic heterocycles. The van der Waals surface area contributed by atoms with Crippen molar-refractivity contribution in [2.45, 2.75) is 83.0 Å². The van der Waals surface area contributed by atoms with E-state index < -0.39 is 28.7 Å². The van der Waals surface area contributed by atoms with Crippen LogP contribution in [0.1, 0.15) is 56.9 Å². The Morgan fingerprint density at radius 3 is 2.73 bits per heavy atom. The van der Waals surface area contributed by atoms with Crippen LogP contribution in [0.5, 0.6) is 0 Å². The van der Waals surface area contributed by atoms with Gasteiger partial charge in [-0.05, 0) is 57.6 Å². The van der Waals surface area contributed by atoms with E-state index in [9.17, 15) is 22.8 Å². The molecule has 6 atom stereocenters. The number of aromatic nitrogens is 1. The van der Waals surface area contributed by atoms with Gasteiger partial charge in [0.05, 0.1) is 29.6 Å². The Labute approximate surface area is 232 Å². The number of hydrogen-bond acceptors (Lipinski definition) is 7. The molecule has 1 aromatic heterocycles. The molecule has 3 heterocycles. The molecule has 220 valence electrons. The first kappa shape index (κ1) is 29.0. The zero-order chi connectivity index (χ0) is 28.9. The maximum atomic E-state index is 14.3. The summed E-state index contributed by atoms with van der Waals surface area (Å²) in [5, 5.41) is 3.62. The molecule has 4 aliphatic rings. The summed E-state index contributed by atoms with van der Waals surface area (Å²) in [5.74, 6) is -1.13. The van der Waals surface area contributed by atoms with Crippen LogP contribution in [0.25, 0.3) is 0 Å². The molecule has 2 aliphatic carbocycles. The van der Waals surface area contributed by atoms with E-state index >= 15 is 0 Å². The molecule has 0 spiro atoms. The van der Waals surface area contributed by atoms with Gasteiger partial charge in [-0.15, -0.1) is 0 Å². The molecular weight excluding hydrogens is 527 g/mol. The predicted molar refractivity (Wildman–Crippen MR) is 139 cm³/mol. The molecule has 1 aromatic rings.